The van der Waals surface area contributed by atoms with Gasteiger partial charge in [0.2, 0.25) is 0 Å². The average molecular weight is 321 g/mol. The first-order valence-electron chi connectivity index (χ1n) is 5.51. The van der Waals surface area contributed by atoms with E-state index >= 15 is 0 Å². The highest BCUT2D eigenvalue weighted by molar-refractivity contribution is 9.11. The van der Waals surface area contributed by atoms with Crippen molar-refractivity contribution in [3.8, 4) is 0 Å². The maximum absolute atomic E-state index is 11.5. The smallest absolute Gasteiger partial charge is 0.315 e. The number of hydrogen-bond donors (Lipinski definition) is 3. The zero-order valence-corrected chi connectivity index (χ0v) is 12.1. The van der Waals surface area contributed by atoms with Crippen molar-refractivity contribution >= 4 is 33.3 Å². The lowest BCUT2D eigenvalue weighted by Crippen LogP contribution is -2.40. The molecule has 96 valence electrons. The SMILES string of the molecule is CC(CCCO)NC(=O)NCc1ccc(Br)s1. The van der Waals surface area contributed by atoms with Crippen LogP contribution < -0.4 is 10.6 Å². The minimum Gasteiger partial charge on any atom is -0.396 e. The van der Waals surface area contributed by atoms with Crippen LogP contribution in [-0.2, 0) is 6.54 Å². The Hall–Kier alpha value is -0.590. The fraction of sp³-hybridized carbons (Fsp3) is 0.545. The van der Waals surface area contributed by atoms with Crippen LogP contribution in [0.3, 0.4) is 0 Å². The Morgan fingerprint density at radius 3 is 2.94 bits per heavy atom. The second kappa shape index (κ2) is 7.68. The summed E-state index contributed by atoms with van der Waals surface area (Å²) in [4.78, 5) is 12.6. The maximum atomic E-state index is 11.5. The molecule has 1 rings (SSSR count). The lowest BCUT2D eigenvalue weighted by Gasteiger charge is -2.13. The first-order chi connectivity index (χ1) is 8.11. The molecule has 0 aliphatic carbocycles. The third kappa shape index (κ3) is 6.05. The Morgan fingerprint density at radius 1 is 1.59 bits per heavy atom. The highest BCUT2D eigenvalue weighted by atomic mass is 79.9. The molecule has 0 aliphatic heterocycles. The Kier molecular flexibility index (Phi) is 6.54. The lowest BCUT2D eigenvalue weighted by atomic mass is 10.2. The molecule has 1 atom stereocenters. The predicted octanol–water partition coefficient (Wildman–Crippen LogP) is 2.47. The van der Waals surface area contributed by atoms with Crippen LogP contribution in [0.5, 0.6) is 0 Å². The number of rotatable bonds is 6. The number of amides is 2. The summed E-state index contributed by atoms with van der Waals surface area (Å²) in [5.74, 6) is 0. The van der Waals surface area contributed by atoms with E-state index in [1.165, 1.54) is 0 Å². The normalized spacial score (nSPS) is 12.2. The molecule has 2 amide bonds. The number of urea groups is 1. The van der Waals surface area contributed by atoms with Crippen molar-refractivity contribution in [3.05, 3.63) is 20.8 Å². The van der Waals surface area contributed by atoms with Gasteiger partial charge >= 0.3 is 6.03 Å². The van der Waals surface area contributed by atoms with Gasteiger partial charge in [-0.05, 0) is 47.8 Å². The van der Waals surface area contributed by atoms with Crippen molar-refractivity contribution in [2.45, 2.75) is 32.4 Å². The van der Waals surface area contributed by atoms with Crippen LogP contribution in [0.2, 0.25) is 0 Å². The van der Waals surface area contributed by atoms with E-state index in [2.05, 4.69) is 26.6 Å². The van der Waals surface area contributed by atoms with E-state index in [4.69, 9.17) is 5.11 Å². The van der Waals surface area contributed by atoms with Crippen molar-refractivity contribution in [1.29, 1.82) is 0 Å². The number of aliphatic hydroxyl groups is 1. The van der Waals surface area contributed by atoms with E-state index in [9.17, 15) is 4.79 Å². The molecule has 0 radical (unpaired) electrons. The summed E-state index contributed by atoms with van der Waals surface area (Å²) in [6, 6.07) is 3.85. The number of hydrogen-bond acceptors (Lipinski definition) is 3. The molecule has 1 aromatic rings. The monoisotopic (exact) mass is 320 g/mol. The molecular formula is C11H17BrN2O2S. The average Bonchev–Trinajstić information content (AvgIpc) is 2.70. The second-order valence-corrected chi connectivity index (χ2v) is 6.35. The summed E-state index contributed by atoms with van der Waals surface area (Å²) in [7, 11) is 0. The molecule has 0 spiro atoms. The van der Waals surface area contributed by atoms with Crippen LogP contribution in [-0.4, -0.2) is 23.8 Å². The second-order valence-electron chi connectivity index (χ2n) is 3.80. The number of carbonyl (C=O) groups excluding carboxylic acids is 1. The largest absolute Gasteiger partial charge is 0.396 e. The number of thiophene rings is 1. The molecule has 0 bridgehead atoms. The molecule has 0 saturated carbocycles. The Labute approximate surface area is 114 Å². The highest BCUT2D eigenvalue weighted by Gasteiger charge is 2.06. The molecule has 1 aromatic heterocycles. The van der Waals surface area contributed by atoms with Gasteiger partial charge in [0.1, 0.15) is 0 Å². The lowest BCUT2D eigenvalue weighted by molar-refractivity contribution is 0.234. The van der Waals surface area contributed by atoms with Gasteiger partial charge in [0.15, 0.2) is 0 Å². The fourth-order valence-corrected chi connectivity index (χ4v) is 2.78. The summed E-state index contributed by atoms with van der Waals surface area (Å²) in [6.45, 7) is 2.63. The van der Waals surface area contributed by atoms with Crippen LogP contribution in [0.15, 0.2) is 15.9 Å². The van der Waals surface area contributed by atoms with Crippen molar-refractivity contribution in [3.63, 3.8) is 0 Å². The summed E-state index contributed by atoms with van der Waals surface area (Å²) in [5, 5.41) is 14.3. The maximum Gasteiger partial charge on any atom is 0.315 e. The van der Waals surface area contributed by atoms with Crippen molar-refractivity contribution < 1.29 is 9.90 Å². The zero-order valence-electron chi connectivity index (χ0n) is 9.70. The standard InChI is InChI=1S/C11H17BrN2O2S/c1-8(3-2-6-15)14-11(16)13-7-9-4-5-10(12)17-9/h4-5,8,15H,2-3,6-7H2,1H3,(H2,13,14,16). The van der Waals surface area contributed by atoms with Gasteiger partial charge in [0, 0.05) is 17.5 Å². The summed E-state index contributed by atoms with van der Waals surface area (Å²) >= 11 is 4.98. The Morgan fingerprint density at radius 2 is 2.35 bits per heavy atom. The highest BCUT2D eigenvalue weighted by Crippen LogP contribution is 2.21. The van der Waals surface area contributed by atoms with Gasteiger partial charge < -0.3 is 15.7 Å². The van der Waals surface area contributed by atoms with Gasteiger partial charge in [-0.15, -0.1) is 11.3 Å². The Bertz CT molecular complexity index is 357. The summed E-state index contributed by atoms with van der Waals surface area (Å²) in [5.41, 5.74) is 0. The van der Waals surface area contributed by atoms with Crippen molar-refractivity contribution in [1.82, 2.24) is 10.6 Å². The van der Waals surface area contributed by atoms with E-state index < -0.39 is 0 Å². The molecular weight excluding hydrogens is 304 g/mol. The minimum absolute atomic E-state index is 0.0808. The van der Waals surface area contributed by atoms with E-state index in [1.54, 1.807) is 11.3 Å². The number of carbonyl (C=O) groups is 1. The molecule has 0 aromatic carbocycles. The first-order valence-corrected chi connectivity index (χ1v) is 7.12. The van der Waals surface area contributed by atoms with Gasteiger partial charge in [-0.1, -0.05) is 0 Å². The van der Waals surface area contributed by atoms with Crippen LogP contribution in [0.25, 0.3) is 0 Å². The molecule has 1 heterocycles. The number of aliphatic hydroxyl groups excluding tert-OH is 1. The van der Waals surface area contributed by atoms with Gasteiger partial charge in [0.05, 0.1) is 10.3 Å². The third-order valence-corrected chi connectivity index (χ3v) is 3.85. The zero-order chi connectivity index (χ0) is 12.7. The molecule has 17 heavy (non-hydrogen) atoms. The minimum atomic E-state index is -0.167. The number of nitrogens with one attached hydrogen (secondary N) is 2. The van der Waals surface area contributed by atoms with E-state index in [-0.39, 0.29) is 18.7 Å². The number of halogens is 1. The van der Waals surface area contributed by atoms with Crippen molar-refractivity contribution in [2.75, 3.05) is 6.61 Å². The molecule has 6 heteroatoms. The van der Waals surface area contributed by atoms with Crippen molar-refractivity contribution in [2.24, 2.45) is 0 Å². The quantitative estimate of drug-likeness (QED) is 0.754. The topological polar surface area (TPSA) is 61.4 Å². The van der Waals surface area contributed by atoms with Crippen LogP contribution in [0, 0.1) is 0 Å². The predicted molar refractivity (Wildman–Crippen MR) is 73.2 cm³/mol. The Balaban J connectivity index is 2.21. The fourth-order valence-electron chi connectivity index (χ4n) is 1.36. The van der Waals surface area contributed by atoms with Gasteiger partial charge in [-0.2, -0.15) is 0 Å². The summed E-state index contributed by atoms with van der Waals surface area (Å²) in [6.07, 6.45) is 1.49. The molecule has 3 N–H and O–H groups in total. The molecule has 1 unspecified atom stereocenters. The molecule has 0 aliphatic rings. The molecule has 0 saturated heterocycles. The van der Waals surface area contributed by atoms with Gasteiger partial charge in [-0.25, -0.2) is 4.79 Å². The van der Waals surface area contributed by atoms with E-state index in [0.717, 1.165) is 15.1 Å². The molecule has 4 nitrogen and oxygen atoms in total. The van der Waals surface area contributed by atoms with E-state index in [1.807, 2.05) is 19.1 Å². The third-order valence-electron chi connectivity index (χ3n) is 2.22. The molecule has 0 fully saturated rings. The first kappa shape index (κ1) is 14.5. The van der Waals surface area contributed by atoms with Gasteiger partial charge in [-0.3, -0.25) is 0 Å². The van der Waals surface area contributed by atoms with Crippen LogP contribution in [0.1, 0.15) is 24.6 Å². The van der Waals surface area contributed by atoms with Crippen LogP contribution >= 0.6 is 27.3 Å². The van der Waals surface area contributed by atoms with E-state index in [0.29, 0.717) is 13.0 Å². The van der Waals surface area contributed by atoms with Crippen LogP contribution in [0.4, 0.5) is 4.79 Å². The summed E-state index contributed by atoms with van der Waals surface area (Å²) < 4.78 is 1.06. The van der Waals surface area contributed by atoms with Gasteiger partial charge in [0.25, 0.3) is 0 Å².